The summed E-state index contributed by atoms with van der Waals surface area (Å²) in [4.78, 5) is 22.5. The molecule has 1 heterocycles. The zero-order valence-corrected chi connectivity index (χ0v) is 14.3. The number of nitrogens with zero attached hydrogens (tertiary/aromatic N) is 1. The van der Waals surface area contributed by atoms with E-state index in [9.17, 15) is 14.9 Å². The molecule has 0 saturated carbocycles. The summed E-state index contributed by atoms with van der Waals surface area (Å²) in [6.07, 6.45) is 1.47. The van der Waals surface area contributed by atoms with Crippen LogP contribution in [0.3, 0.4) is 0 Å². The van der Waals surface area contributed by atoms with Gasteiger partial charge in [-0.2, -0.15) is 0 Å². The van der Waals surface area contributed by atoms with Crippen molar-refractivity contribution < 1.29 is 19.2 Å². The summed E-state index contributed by atoms with van der Waals surface area (Å²) in [6, 6.07) is 11.1. The van der Waals surface area contributed by atoms with E-state index in [1.165, 1.54) is 18.2 Å². The normalized spacial score (nSPS) is 14.7. The lowest BCUT2D eigenvalue weighted by Gasteiger charge is -2.08. The molecule has 1 aliphatic rings. The highest BCUT2D eigenvalue weighted by Gasteiger charge is 2.21. The number of hydrogen-bond donors (Lipinski definition) is 2. The fourth-order valence-electron chi connectivity index (χ4n) is 2.27. The molecule has 0 unspecified atom stereocenters. The first-order valence-electron chi connectivity index (χ1n) is 7.40. The summed E-state index contributed by atoms with van der Waals surface area (Å²) in [6.45, 7) is 0. The lowest BCUT2D eigenvalue weighted by Crippen LogP contribution is -2.21. The Morgan fingerprint density at radius 3 is 2.38 bits per heavy atom. The van der Waals surface area contributed by atoms with E-state index in [1.807, 2.05) is 0 Å². The Balaban J connectivity index is 1.89. The number of benzene rings is 2. The Labute approximate surface area is 153 Å². The van der Waals surface area contributed by atoms with Crippen LogP contribution in [0.15, 0.2) is 48.2 Å². The maximum absolute atomic E-state index is 11.7. The quantitative estimate of drug-likeness (QED) is 0.360. The standard InChI is InChI=1S/C17H13N3O5S/c1-24-11-3-5-12(6-4-11)25-15-7-2-10(9-14(15)20(22)23)8-13-16(21)19-17(26)18-13/h2-9H,1H3,(H2,18,19,21,26)/b13-8-. The number of nitro groups is 1. The molecule has 8 nitrogen and oxygen atoms in total. The van der Waals surface area contributed by atoms with E-state index in [2.05, 4.69) is 10.6 Å². The van der Waals surface area contributed by atoms with Gasteiger partial charge in [-0.15, -0.1) is 0 Å². The van der Waals surface area contributed by atoms with E-state index < -0.39 is 10.8 Å². The second kappa shape index (κ2) is 7.19. The van der Waals surface area contributed by atoms with Gasteiger partial charge in [-0.05, 0) is 54.2 Å². The van der Waals surface area contributed by atoms with Crippen molar-refractivity contribution in [3.63, 3.8) is 0 Å². The minimum absolute atomic E-state index is 0.0849. The van der Waals surface area contributed by atoms with Crippen molar-refractivity contribution in [1.82, 2.24) is 10.6 Å². The van der Waals surface area contributed by atoms with Crippen molar-refractivity contribution in [1.29, 1.82) is 0 Å². The largest absolute Gasteiger partial charge is 0.497 e. The second-order valence-corrected chi connectivity index (χ2v) is 5.64. The number of carbonyl (C=O) groups is 1. The molecular formula is C17H13N3O5S. The predicted octanol–water partition coefficient (Wildman–Crippen LogP) is 2.74. The average Bonchev–Trinajstić information content (AvgIpc) is 2.94. The smallest absolute Gasteiger partial charge is 0.312 e. The maximum Gasteiger partial charge on any atom is 0.312 e. The Kier molecular flexibility index (Phi) is 4.81. The van der Waals surface area contributed by atoms with Crippen molar-refractivity contribution in [3.05, 3.63) is 63.8 Å². The van der Waals surface area contributed by atoms with Crippen LogP contribution >= 0.6 is 12.2 Å². The first-order chi connectivity index (χ1) is 12.5. The molecule has 132 valence electrons. The lowest BCUT2D eigenvalue weighted by atomic mass is 10.1. The third-order valence-corrected chi connectivity index (χ3v) is 3.70. The minimum Gasteiger partial charge on any atom is -0.497 e. The number of rotatable bonds is 5. The topological polar surface area (TPSA) is 103 Å². The average molecular weight is 371 g/mol. The van der Waals surface area contributed by atoms with Gasteiger partial charge in [-0.25, -0.2) is 0 Å². The molecule has 1 fully saturated rings. The first-order valence-corrected chi connectivity index (χ1v) is 7.81. The Morgan fingerprint density at radius 1 is 1.12 bits per heavy atom. The lowest BCUT2D eigenvalue weighted by molar-refractivity contribution is -0.385. The van der Waals surface area contributed by atoms with E-state index in [0.29, 0.717) is 17.1 Å². The van der Waals surface area contributed by atoms with Gasteiger partial charge >= 0.3 is 5.69 Å². The molecule has 0 spiro atoms. The van der Waals surface area contributed by atoms with Crippen molar-refractivity contribution in [3.8, 4) is 17.2 Å². The zero-order chi connectivity index (χ0) is 18.7. The Hall–Kier alpha value is -3.46. The number of nitro benzene ring substituents is 1. The number of amides is 1. The fourth-order valence-corrected chi connectivity index (χ4v) is 2.48. The van der Waals surface area contributed by atoms with Crippen molar-refractivity contribution in [2.24, 2.45) is 0 Å². The van der Waals surface area contributed by atoms with Gasteiger partial charge in [0.05, 0.1) is 12.0 Å². The SMILES string of the molecule is COc1ccc(Oc2ccc(/C=C3\NC(=S)NC3=O)cc2[N+](=O)[O-])cc1. The summed E-state index contributed by atoms with van der Waals surface area (Å²) >= 11 is 4.85. The first kappa shape index (κ1) is 17.4. The van der Waals surface area contributed by atoms with Gasteiger partial charge in [0.2, 0.25) is 5.75 Å². The highest BCUT2D eigenvalue weighted by Crippen LogP contribution is 2.33. The molecule has 9 heteroatoms. The monoisotopic (exact) mass is 371 g/mol. The Morgan fingerprint density at radius 2 is 1.81 bits per heavy atom. The molecule has 0 bridgehead atoms. The van der Waals surface area contributed by atoms with Crippen LogP contribution in [0.25, 0.3) is 6.08 Å². The maximum atomic E-state index is 11.7. The summed E-state index contributed by atoms with van der Waals surface area (Å²) in [7, 11) is 1.54. The molecule has 2 aromatic rings. The van der Waals surface area contributed by atoms with Gasteiger partial charge in [-0.3, -0.25) is 20.2 Å². The zero-order valence-electron chi connectivity index (χ0n) is 13.5. The molecule has 2 aromatic carbocycles. The molecule has 1 saturated heterocycles. The van der Waals surface area contributed by atoms with E-state index in [-0.39, 0.29) is 22.2 Å². The van der Waals surface area contributed by atoms with Crippen molar-refractivity contribution >= 4 is 35.0 Å². The van der Waals surface area contributed by atoms with Crippen molar-refractivity contribution in [2.45, 2.75) is 0 Å². The second-order valence-electron chi connectivity index (χ2n) is 5.23. The van der Waals surface area contributed by atoms with Gasteiger partial charge in [0, 0.05) is 6.07 Å². The summed E-state index contributed by atoms with van der Waals surface area (Å²) in [5, 5.41) is 16.7. The summed E-state index contributed by atoms with van der Waals surface area (Å²) in [5.41, 5.74) is 0.449. The molecule has 1 amide bonds. The highest BCUT2D eigenvalue weighted by atomic mass is 32.1. The number of carbonyl (C=O) groups excluding carboxylic acids is 1. The number of hydrogen-bond acceptors (Lipinski definition) is 6. The van der Waals surface area contributed by atoms with Crippen LogP contribution < -0.4 is 20.1 Å². The van der Waals surface area contributed by atoms with Crippen LogP contribution in [0.5, 0.6) is 17.2 Å². The molecule has 26 heavy (non-hydrogen) atoms. The van der Waals surface area contributed by atoms with E-state index >= 15 is 0 Å². The molecule has 0 radical (unpaired) electrons. The Bertz CT molecular complexity index is 924. The van der Waals surface area contributed by atoms with Crippen molar-refractivity contribution in [2.75, 3.05) is 7.11 Å². The fraction of sp³-hybridized carbons (Fsp3) is 0.0588. The van der Waals surface area contributed by atoms with Crippen LogP contribution in [0.2, 0.25) is 0 Å². The number of thiocarbonyl (C=S) groups is 1. The van der Waals surface area contributed by atoms with Gasteiger partial charge in [0.25, 0.3) is 5.91 Å². The number of nitrogens with one attached hydrogen (secondary N) is 2. The van der Waals surface area contributed by atoms with Crippen LogP contribution in [0.4, 0.5) is 5.69 Å². The molecule has 0 aliphatic carbocycles. The van der Waals surface area contributed by atoms with Crippen LogP contribution in [0, 0.1) is 10.1 Å². The van der Waals surface area contributed by atoms with Gasteiger partial charge in [0.15, 0.2) is 5.11 Å². The van der Waals surface area contributed by atoms with E-state index in [0.717, 1.165) is 0 Å². The molecule has 2 N–H and O–H groups in total. The predicted molar refractivity (Wildman–Crippen MR) is 98.0 cm³/mol. The minimum atomic E-state index is -0.548. The van der Waals surface area contributed by atoms with Gasteiger partial charge in [0.1, 0.15) is 17.2 Å². The number of methoxy groups -OCH3 is 1. The third-order valence-electron chi connectivity index (χ3n) is 3.50. The van der Waals surface area contributed by atoms with Crippen LogP contribution in [-0.2, 0) is 4.79 Å². The van der Waals surface area contributed by atoms with E-state index in [1.54, 1.807) is 37.4 Å². The molecule has 0 aromatic heterocycles. The van der Waals surface area contributed by atoms with Gasteiger partial charge in [-0.1, -0.05) is 6.07 Å². The molecule has 1 aliphatic heterocycles. The summed E-state index contributed by atoms with van der Waals surface area (Å²) < 4.78 is 10.7. The highest BCUT2D eigenvalue weighted by molar-refractivity contribution is 7.80. The van der Waals surface area contributed by atoms with E-state index in [4.69, 9.17) is 21.7 Å². The van der Waals surface area contributed by atoms with Crippen LogP contribution in [-0.4, -0.2) is 23.1 Å². The molecule has 3 rings (SSSR count). The molecule has 0 atom stereocenters. The number of ether oxygens (including phenoxy) is 2. The summed E-state index contributed by atoms with van der Waals surface area (Å²) in [5.74, 6) is 0.772. The van der Waals surface area contributed by atoms with Crippen LogP contribution in [0.1, 0.15) is 5.56 Å². The van der Waals surface area contributed by atoms with Gasteiger partial charge < -0.3 is 14.8 Å². The molecular weight excluding hydrogens is 358 g/mol. The third kappa shape index (κ3) is 3.78.